The van der Waals surface area contributed by atoms with Crippen molar-refractivity contribution >= 4 is 0 Å². The van der Waals surface area contributed by atoms with Crippen LogP contribution in [0.25, 0.3) is 5.32 Å². The summed E-state index contributed by atoms with van der Waals surface area (Å²) in [4.78, 5) is 0. The van der Waals surface area contributed by atoms with Crippen molar-refractivity contribution in [2.24, 2.45) is 0 Å². The molecule has 1 unspecified atom stereocenters. The van der Waals surface area contributed by atoms with Crippen LogP contribution in [-0.4, -0.2) is 13.1 Å². The van der Waals surface area contributed by atoms with E-state index in [0.29, 0.717) is 6.42 Å². The highest BCUT2D eigenvalue weighted by Gasteiger charge is 2.29. The van der Waals surface area contributed by atoms with E-state index < -0.39 is 11.7 Å². The van der Waals surface area contributed by atoms with Crippen molar-refractivity contribution in [3.63, 3.8) is 0 Å². The molecule has 0 N–H and O–H groups in total. The Kier molecular flexibility index (Phi) is 3.74. The average molecular weight is 216 g/mol. The third-order valence-corrected chi connectivity index (χ3v) is 2.25. The van der Waals surface area contributed by atoms with Gasteiger partial charge in [-0.3, -0.25) is 0 Å². The summed E-state index contributed by atoms with van der Waals surface area (Å²) in [6, 6.07) is 5.37. The molecule has 0 saturated carbocycles. The number of nitrogens with zero attached hydrogens (tertiary/aromatic N) is 1. The molecule has 15 heavy (non-hydrogen) atoms. The van der Waals surface area contributed by atoms with Gasteiger partial charge in [-0.1, -0.05) is 19.1 Å². The Morgan fingerprint density at radius 2 is 1.73 bits per heavy atom. The van der Waals surface area contributed by atoms with Crippen LogP contribution in [0.3, 0.4) is 0 Å². The summed E-state index contributed by atoms with van der Waals surface area (Å²) in [5.74, 6) is 0. The van der Waals surface area contributed by atoms with Crippen molar-refractivity contribution in [3.8, 4) is 0 Å². The largest absolute Gasteiger partial charge is 0.662 e. The lowest BCUT2D eigenvalue weighted by molar-refractivity contribution is -0.137. The second-order valence-electron chi connectivity index (χ2n) is 3.51. The molecule has 0 bridgehead atoms. The summed E-state index contributed by atoms with van der Waals surface area (Å²) in [6.07, 6.45) is -3.58. The van der Waals surface area contributed by atoms with E-state index >= 15 is 0 Å². The van der Waals surface area contributed by atoms with Gasteiger partial charge in [0.05, 0.1) is 5.56 Å². The van der Waals surface area contributed by atoms with E-state index in [1.807, 2.05) is 6.92 Å². The molecule has 4 heteroatoms. The molecule has 84 valence electrons. The summed E-state index contributed by atoms with van der Waals surface area (Å²) in [5, 5.41) is 4.03. The van der Waals surface area contributed by atoms with Crippen LogP contribution < -0.4 is 0 Å². The lowest BCUT2D eigenvalue weighted by Crippen LogP contribution is -2.06. The van der Waals surface area contributed by atoms with Crippen LogP contribution in [-0.2, 0) is 12.6 Å². The summed E-state index contributed by atoms with van der Waals surface area (Å²) >= 11 is 0. The first-order valence-corrected chi connectivity index (χ1v) is 4.68. The lowest BCUT2D eigenvalue weighted by Gasteiger charge is -2.22. The molecule has 1 aromatic carbocycles. The fourth-order valence-corrected chi connectivity index (χ4v) is 1.26. The fraction of sp³-hybridized carbons (Fsp3) is 0.455. The van der Waals surface area contributed by atoms with E-state index in [2.05, 4.69) is 5.32 Å². The number of benzene rings is 1. The van der Waals surface area contributed by atoms with Gasteiger partial charge in [0.15, 0.2) is 0 Å². The SMILES string of the molecule is C[N-]C(C)Cc1ccc(C(F)(F)F)cc1. The summed E-state index contributed by atoms with van der Waals surface area (Å²) in [7, 11) is 1.70. The van der Waals surface area contributed by atoms with Gasteiger partial charge < -0.3 is 5.32 Å². The molecule has 0 aliphatic heterocycles. The predicted molar refractivity (Wildman–Crippen MR) is 53.9 cm³/mol. The Morgan fingerprint density at radius 1 is 1.20 bits per heavy atom. The van der Waals surface area contributed by atoms with Gasteiger partial charge in [-0.25, -0.2) is 0 Å². The second-order valence-corrected chi connectivity index (χ2v) is 3.51. The van der Waals surface area contributed by atoms with Crippen molar-refractivity contribution in [1.82, 2.24) is 0 Å². The quantitative estimate of drug-likeness (QED) is 0.732. The first kappa shape index (κ1) is 12.0. The van der Waals surface area contributed by atoms with Gasteiger partial charge in [-0.05, 0) is 24.1 Å². The number of alkyl halides is 3. The molecule has 1 atom stereocenters. The van der Waals surface area contributed by atoms with E-state index in [9.17, 15) is 13.2 Å². The Hall–Kier alpha value is -1.03. The van der Waals surface area contributed by atoms with E-state index in [1.54, 1.807) is 7.05 Å². The Morgan fingerprint density at radius 3 is 2.13 bits per heavy atom. The minimum absolute atomic E-state index is 0.140. The zero-order valence-corrected chi connectivity index (χ0v) is 8.67. The van der Waals surface area contributed by atoms with Crippen LogP contribution >= 0.6 is 0 Å². The summed E-state index contributed by atoms with van der Waals surface area (Å²) in [5.41, 5.74) is 0.272. The highest BCUT2D eigenvalue weighted by molar-refractivity contribution is 5.25. The number of likely N-dealkylation sites (N-methyl/N-ethyl adjacent to an activating group) is 1. The molecule has 0 fully saturated rings. The Labute approximate surface area is 87.3 Å². The zero-order chi connectivity index (χ0) is 11.5. The molecule has 0 aliphatic carbocycles. The molecule has 0 amide bonds. The highest BCUT2D eigenvalue weighted by atomic mass is 19.4. The lowest BCUT2D eigenvalue weighted by atomic mass is 10.1. The Balaban J connectivity index is 2.73. The van der Waals surface area contributed by atoms with Crippen LogP contribution in [0.5, 0.6) is 0 Å². The molecule has 0 spiro atoms. The maximum Gasteiger partial charge on any atom is 0.416 e. The molecular weight excluding hydrogens is 203 g/mol. The van der Waals surface area contributed by atoms with Crippen molar-refractivity contribution in [3.05, 3.63) is 40.7 Å². The van der Waals surface area contributed by atoms with Crippen molar-refractivity contribution < 1.29 is 13.2 Å². The van der Waals surface area contributed by atoms with Crippen LogP contribution in [0, 0.1) is 0 Å². The number of hydrogen-bond donors (Lipinski definition) is 0. The van der Waals surface area contributed by atoms with Gasteiger partial charge in [0.1, 0.15) is 0 Å². The van der Waals surface area contributed by atoms with E-state index in [4.69, 9.17) is 0 Å². The average Bonchev–Trinajstić information content (AvgIpc) is 2.17. The van der Waals surface area contributed by atoms with Gasteiger partial charge in [-0.2, -0.15) is 20.2 Å². The first-order chi connectivity index (χ1) is 6.93. The van der Waals surface area contributed by atoms with E-state index in [0.717, 1.165) is 17.7 Å². The topological polar surface area (TPSA) is 14.1 Å². The second kappa shape index (κ2) is 4.66. The minimum atomic E-state index is -4.25. The highest BCUT2D eigenvalue weighted by Crippen LogP contribution is 2.29. The van der Waals surface area contributed by atoms with Gasteiger partial charge in [0.2, 0.25) is 0 Å². The molecule has 0 saturated heterocycles. The third-order valence-electron chi connectivity index (χ3n) is 2.25. The van der Waals surface area contributed by atoms with E-state index in [1.165, 1.54) is 12.1 Å². The van der Waals surface area contributed by atoms with Gasteiger partial charge in [0, 0.05) is 0 Å². The van der Waals surface area contributed by atoms with Crippen molar-refractivity contribution in [1.29, 1.82) is 0 Å². The number of hydrogen-bond acceptors (Lipinski definition) is 0. The molecular formula is C11H13F3N-. The molecule has 0 aliphatic rings. The fourth-order valence-electron chi connectivity index (χ4n) is 1.26. The van der Waals surface area contributed by atoms with Crippen LogP contribution in [0.15, 0.2) is 24.3 Å². The monoisotopic (exact) mass is 216 g/mol. The zero-order valence-electron chi connectivity index (χ0n) is 8.67. The van der Waals surface area contributed by atoms with Crippen LogP contribution in [0.4, 0.5) is 13.2 Å². The maximum absolute atomic E-state index is 12.2. The molecule has 0 radical (unpaired) electrons. The van der Waals surface area contributed by atoms with Crippen LogP contribution in [0.2, 0.25) is 0 Å². The minimum Gasteiger partial charge on any atom is -0.662 e. The van der Waals surface area contributed by atoms with Gasteiger partial charge in [-0.15, -0.1) is 6.04 Å². The van der Waals surface area contributed by atoms with Crippen LogP contribution in [0.1, 0.15) is 18.1 Å². The maximum atomic E-state index is 12.2. The standard InChI is InChI=1S/C11H13F3N/c1-8(15-2)7-9-3-5-10(6-4-9)11(12,13)14/h3-6,8H,7H2,1-2H3/q-1. The number of halogens is 3. The first-order valence-electron chi connectivity index (χ1n) is 4.68. The molecule has 1 rings (SSSR count). The van der Waals surface area contributed by atoms with Gasteiger partial charge in [0.25, 0.3) is 0 Å². The molecule has 0 aromatic heterocycles. The third kappa shape index (κ3) is 3.55. The van der Waals surface area contributed by atoms with Crippen molar-refractivity contribution in [2.45, 2.75) is 25.6 Å². The molecule has 0 heterocycles. The summed E-state index contributed by atoms with van der Waals surface area (Å²) < 4.78 is 36.7. The van der Waals surface area contributed by atoms with E-state index in [-0.39, 0.29) is 6.04 Å². The van der Waals surface area contributed by atoms with Gasteiger partial charge >= 0.3 is 6.18 Å². The molecule has 1 nitrogen and oxygen atoms in total. The Bertz CT molecular complexity index is 303. The molecule has 1 aromatic rings. The number of rotatable bonds is 3. The van der Waals surface area contributed by atoms with Crippen molar-refractivity contribution in [2.75, 3.05) is 7.05 Å². The predicted octanol–water partition coefficient (Wildman–Crippen LogP) is 3.64. The smallest absolute Gasteiger partial charge is 0.416 e. The summed E-state index contributed by atoms with van der Waals surface area (Å²) in [6.45, 7) is 1.93. The normalized spacial score (nSPS) is 13.9.